The van der Waals surface area contributed by atoms with Gasteiger partial charge < -0.3 is 5.32 Å². The van der Waals surface area contributed by atoms with Crippen LogP contribution in [0.15, 0.2) is 30.6 Å². The SMILES string of the molecule is c1ccn2ncc(CN3CCNCC3)c2c1. The minimum Gasteiger partial charge on any atom is -0.314 e. The summed E-state index contributed by atoms with van der Waals surface area (Å²) in [6, 6.07) is 6.21. The zero-order chi connectivity index (χ0) is 10.8. The van der Waals surface area contributed by atoms with Gasteiger partial charge in [-0.15, -0.1) is 0 Å². The first-order valence-electron chi connectivity index (χ1n) is 5.78. The molecule has 1 aliphatic heterocycles. The molecule has 3 heterocycles. The molecule has 0 unspecified atom stereocenters. The van der Waals surface area contributed by atoms with Crippen LogP contribution in [0.5, 0.6) is 0 Å². The Morgan fingerprint density at radius 2 is 2.12 bits per heavy atom. The van der Waals surface area contributed by atoms with Crippen LogP contribution in [0.25, 0.3) is 5.52 Å². The molecule has 0 saturated carbocycles. The average Bonchev–Trinajstić information content (AvgIpc) is 2.74. The molecular weight excluding hydrogens is 200 g/mol. The van der Waals surface area contributed by atoms with Gasteiger partial charge in [-0.05, 0) is 12.1 Å². The largest absolute Gasteiger partial charge is 0.314 e. The highest BCUT2D eigenvalue weighted by atomic mass is 15.2. The van der Waals surface area contributed by atoms with Gasteiger partial charge in [0.1, 0.15) is 0 Å². The summed E-state index contributed by atoms with van der Waals surface area (Å²) >= 11 is 0. The molecule has 4 nitrogen and oxygen atoms in total. The number of piperazine rings is 1. The third-order valence-corrected chi connectivity index (χ3v) is 3.11. The van der Waals surface area contributed by atoms with Crippen LogP contribution in [0.4, 0.5) is 0 Å². The van der Waals surface area contributed by atoms with Crippen LogP contribution in [0.1, 0.15) is 5.56 Å². The average molecular weight is 216 g/mol. The Hall–Kier alpha value is -1.39. The molecule has 16 heavy (non-hydrogen) atoms. The van der Waals surface area contributed by atoms with E-state index in [1.54, 1.807) is 0 Å². The number of nitrogens with zero attached hydrogens (tertiary/aromatic N) is 3. The topological polar surface area (TPSA) is 32.6 Å². The number of fused-ring (bicyclic) bond motifs is 1. The molecular formula is C12H16N4. The molecule has 0 bridgehead atoms. The Kier molecular flexibility index (Phi) is 2.60. The van der Waals surface area contributed by atoms with Gasteiger partial charge >= 0.3 is 0 Å². The quantitative estimate of drug-likeness (QED) is 0.803. The minimum absolute atomic E-state index is 1.01. The lowest BCUT2D eigenvalue weighted by Gasteiger charge is -2.26. The Bertz CT molecular complexity index is 471. The molecule has 1 fully saturated rings. The lowest BCUT2D eigenvalue weighted by Crippen LogP contribution is -2.42. The van der Waals surface area contributed by atoms with Gasteiger partial charge in [0.25, 0.3) is 0 Å². The number of aromatic nitrogens is 2. The van der Waals surface area contributed by atoms with Crippen molar-refractivity contribution in [3.63, 3.8) is 0 Å². The van der Waals surface area contributed by atoms with E-state index >= 15 is 0 Å². The maximum Gasteiger partial charge on any atom is 0.0706 e. The van der Waals surface area contributed by atoms with Crippen LogP contribution in [-0.2, 0) is 6.54 Å². The lowest BCUT2D eigenvalue weighted by atomic mass is 10.2. The van der Waals surface area contributed by atoms with E-state index < -0.39 is 0 Å². The Labute approximate surface area is 94.9 Å². The van der Waals surface area contributed by atoms with Crippen LogP contribution in [0.2, 0.25) is 0 Å². The summed E-state index contributed by atoms with van der Waals surface area (Å²) in [4.78, 5) is 2.47. The van der Waals surface area contributed by atoms with Crippen molar-refractivity contribution in [2.75, 3.05) is 26.2 Å². The molecule has 0 radical (unpaired) electrons. The van der Waals surface area contributed by atoms with Crippen molar-refractivity contribution >= 4 is 5.52 Å². The summed E-state index contributed by atoms with van der Waals surface area (Å²) in [7, 11) is 0. The highest BCUT2D eigenvalue weighted by Gasteiger charge is 2.12. The van der Waals surface area contributed by atoms with Crippen molar-refractivity contribution in [3.8, 4) is 0 Å². The van der Waals surface area contributed by atoms with E-state index in [0.29, 0.717) is 0 Å². The summed E-state index contributed by atoms with van der Waals surface area (Å²) in [5.74, 6) is 0. The first-order valence-corrected chi connectivity index (χ1v) is 5.78. The predicted octanol–water partition coefficient (Wildman–Crippen LogP) is 0.739. The zero-order valence-corrected chi connectivity index (χ0v) is 9.26. The fourth-order valence-corrected chi connectivity index (χ4v) is 2.22. The van der Waals surface area contributed by atoms with Crippen molar-refractivity contribution in [3.05, 3.63) is 36.2 Å². The Morgan fingerprint density at radius 1 is 1.25 bits per heavy atom. The second-order valence-electron chi connectivity index (χ2n) is 4.23. The van der Waals surface area contributed by atoms with Crippen LogP contribution >= 0.6 is 0 Å². The molecule has 1 N–H and O–H groups in total. The number of hydrogen-bond acceptors (Lipinski definition) is 3. The van der Waals surface area contributed by atoms with Crippen molar-refractivity contribution in [1.82, 2.24) is 19.8 Å². The van der Waals surface area contributed by atoms with Crippen molar-refractivity contribution in [1.29, 1.82) is 0 Å². The predicted molar refractivity (Wildman–Crippen MR) is 63.3 cm³/mol. The standard InChI is InChI=1S/C12H16N4/c1-2-6-16-12(3-1)11(9-14-16)10-15-7-4-13-5-8-15/h1-3,6,9,13H,4-5,7-8,10H2. The van der Waals surface area contributed by atoms with E-state index in [1.165, 1.54) is 11.1 Å². The van der Waals surface area contributed by atoms with E-state index in [2.05, 4.69) is 27.4 Å². The van der Waals surface area contributed by atoms with Gasteiger partial charge in [0, 0.05) is 44.5 Å². The molecule has 0 atom stereocenters. The monoisotopic (exact) mass is 216 g/mol. The molecule has 3 rings (SSSR count). The summed E-state index contributed by atoms with van der Waals surface area (Å²) in [6.45, 7) is 5.46. The maximum atomic E-state index is 4.36. The second kappa shape index (κ2) is 4.23. The smallest absolute Gasteiger partial charge is 0.0706 e. The fourth-order valence-electron chi connectivity index (χ4n) is 2.22. The van der Waals surface area contributed by atoms with Crippen molar-refractivity contribution in [2.24, 2.45) is 0 Å². The van der Waals surface area contributed by atoms with E-state index in [4.69, 9.17) is 0 Å². The summed E-state index contributed by atoms with van der Waals surface area (Å²) in [6.07, 6.45) is 3.98. The normalized spacial score (nSPS) is 18.0. The molecule has 2 aromatic heterocycles. The fraction of sp³-hybridized carbons (Fsp3) is 0.417. The molecule has 84 valence electrons. The van der Waals surface area contributed by atoms with E-state index in [1.807, 2.05) is 23.0 Å². The van der Waals surface area contributed by atoms with E-state index in [-0.39, 0.29) is 0 Å². The molecule has 0 amide bonds. The highest BCUT2D eigenvalue weighted by molar-refractivity contribution is 5.53. The van der Waals surface area contributed by atoms with Gasteiger partial charge in [-0.2, -0.15) is 5.10 Å². The minimum atomic E-state index is 1.01. The first kappa shape index (κ1) is 9.81. The van der Waals surface area contributed by atoms with Gasteiger partial charge in [-0.1, -0.05) is 6.07 Å². The molecule has 0 aromatic carbocycles. The summed E-state index contributed by atoms with van der Waals surface area (Å²) in [5.41, 5.74) is 2.54. The number of rotatable bonds is 2. The van der Waals surface area contributed by atoms with Crippen molar-refractivity contribution < 1.29 is 0 Å². The van der Waals surface area contributed by atoms with Gasteiger partial charge in [-0.25, -0.2) is 4.52 Å². The van der Waals surface area contributed by atoms with E-state index in [9.17, 15) is 0 Å². The lowest BCUT2D eigenvalue weighted by molar-refractivity contribution is 0.234. The van der Waals surface area contributed by atoms with Crippen LogP contribution in [0, 0.1) is 0 Å². The first-order chi connectivity index (χ1) is 7.93. The van der Waals surface area contributed by atoms with E-state index in [0.717, 1.165) is 32.7 Å². The highest BCUT2D eigenvalue weighted by Crippen LogP contribution is 2.12. The third-order valence-electron chi connectivity index (χ3n) is 3.11. The molecule has 0 aliphatic carbocycles. The number of pyridine rings is 1. The van der Waals surface area contributed by atoms with Gasteiger partial charge in [-0.3, -0.25) is 4.90 Å². The molecule has 2 aromatic rings. The molecule has 1 aliphatic rings. The maximum absolute atomic E-state index is 4.36. The second-order valence-corrected chi connectivity index (χ2v) is 4.23. The zero-order valence-electron chi connectivity index (χ0n) is 9.26. The molecule has 1 saturated heterocycles. The molecule has 4 heteroatoms. The van der Waals surface area contributed by atoms with Gasteiger partial charge in [0.2, 0.25) is 0 Å². The molecule has 0 spiro atoms. The van der Waals surface area contributed by atoms with Crippen LogP contribution in [0.3, 0.4) is 0 Å². The van der Waals surface area contributed by atoms with Gasteiger partial charge in [0.05, 0.1) is 11.7 Å². The Balaban J connectivity index is 1.83. The van der Waals surface area contributed by atoms with Crippen molar-refractivity contribution in [2.45, 2.75) is 6.54 Å². The number of nitrogens with one attached hydrogen (secondary N) is 1. The third kappa shape index (κ3) is 1.81. The Morgan fingerprint density at radius 3 is 3.00 bits per heavy atom. The van der Waals surface area contributed by atoms with Crippen LogP contribution < -0.4 is 5.32 Å². The summed E-state index contributed by atoms with van der Waals surface area (Å²) < 4.78 is 1.94. The summed E-state index contributed by atoms with van der Waals surface area (Å²) in [5, 5.41) is 7.73. The van der Waals surface area contributed by atoms with Crippen LogP contribution in [-0.4, -0.2) is 40.7 Å². The van der Waals surface area contributed by atoms with Gasteiger partial charge in [0.15, 0.2) is 0 Å². The number of hydrogen-bond donors (Lipinski definition) is 1.